The predicted octanol–water partition coefficient (Wildman–Crippen LogP) is 3.71. The molecule has 2 aromatic carbocycles. The largest absolute Gasteiger partial charge is 0.435 e. The Bertz CT molecular complexity index is 871. The topological polar surface area (TPSA) is 50.8 Å². The third kappa shape index (κ3) is 3.71. The van der Waals surface area contributed by atoms with E-state index < -0.39 is 12.4 Å². The normalized spacial score (nSPS) is 18.7. The molecule has 2 aromatic rings. The number of anilines is 1. The van der Waals surface area contributed by atoms with Gasteiger partial charge in [-0.05, 0) is 41.8 Å². The Hall–Kier alpha value is -2.74. The number of ether oxygens (including phenoxy) is 2. The zero-order chi connectivity index (χ0) is 19.0. The van der Waals surface area contributed by atoms with Crippen LogP contribution in [0.2, 0.25) is 0 Å². The van der Waals surface area contributed by atoms with Crippen LogP contribution in [0.15, 0.2) is 36.4 Å². The fourth-order valence-corrected chi connectivity index (χ4v) is 3.20. The van der Waals surface area contributed by atoms with E-state index in [1.807, 2.05) is 0 Å². The van der Waals surface area contributed by atoms with Gasteiger partial charge in [-0.2, -0.15) is 8.78 Å². The van der Waals surface area contributed by atoms with Crippen LogP contribution in [0, 0.1) is 5.82 Å². The van der Waals surface area contributed by atoms with Gasteiger partial charge in [-0.3, -0.25) is 4.79 Å². The number of rotatable bonds is 5. The third-order valence-corrected chi connectivity index (χ3v) is 4.64. The number of amides is 1. The van der Waals surface area contributed by atoms with Crippen molar-refractivity contribution in [2.24, 2.45) is 0 Å². The van der Waals surface area contributed by atoms with Gasteiger partial charge in [0.1, 0.15) is 11.6 Å². The number of carbonyl (C=O) groups excluding carboxylic acids is 1. The first-order valence-corrected chi connectivity index (χ1v) is 8.54. The van der Waals surface area contributed by atoms with Crippen molar-refractivity contribution in [3.63, 3.8) is 0 Å². The summed E-state index contributed by atoms with van der Waals surface area (Å²) in [5, 5.41) is 3.17. The summed E-state index contributed by atoms with van der Waals surface area (Å²) in [5.74, 6) is -1.04. The SMILES string of the molecule is O=C1c2ccc(-c3cc(F)cc(OC(F)F)c3)cc2NCN1CC1CCO1. The van der Waals surface area contributed by atoms with Crippen LogP contribution in [0.4, 0.5) is 18.9 Å². The lowest BCUT2D eigenvalue weighted by Gasteiger charge is -2.35. The summed E-state index contributed by atoms with van der Waals surface area (Å²) in [4.78, 5) is 14.3. The Morgan fingerprint density at radius 3 is 2.74 bits per heavy atom. The third-order valence-electron chi connectivity index (χ3n) is 4.64. The fraction of sp³-hybridized carbons (Fsp3) is 0.316. The molecule has 0 radical (unpaired) electrons. The summed E-state index contributed by atoms with van der Waals surface area (Å²) in [6.45, 7) is -1.43. The molecule has 4 rings (SSSR count). The number of alkyl halides is 2. The minimum absolute atomic E-state index is 0.0807. The molecule has 1 unspecified atom stereocenters. The highest BCUT2D eigenvalue weighted by molar-refractivity contribution is 6.02. The number of carbonyl (C=O) groups is 1. The number of hydrogen-bond donors (Lipinski definition) is 1. The molecule has 142 valence electrons. The van der Waals surface area contributed by atoms with Gasteiger partial charge in [0.2, 0.25) is 0 Å². The standard InChI is InChI=1S/C19H17F3N2O3/c20-13-5-12(6-15(8-13)27-19(21)22)11-1-2-16-17(7-11)23-10-24(18(16)25)9-14-3-4-26-14/h1-2,5-8,14,19,23H,3-4,9-10H2. The molecular formula is C19H17F3N2O3. The zero-order valence-electron chi connectivity index (χ0n) is 14.3. The number of nitrogens with one attached hydrogen (secondary N) is 1. The summed E-state index contributed by atoms with van der Waals surface area (Å²) in [6.07, 6.45) is 1.02. The summed E-state index contributed by atoms with van der Waals surface area (Å²) in [7, 11) is 0. The number of halogens is 3. The van der Waals surface area contributed by atoms with Crippen molar-refractivity contribution in [3.05, 3.63) is 47.8 Å². The van der Waals surface area contributed by atoms with Crippen LogP contribution in [-0.2, 0) is 4.74 Å². The van der Waals surface area contributed by atoms with E-state index in [0.29, 0.717) is 35.6 Å². The molecule has 2 aliphatic rings. The average molecular weight is 378 g/mol. The highest BCUT2D eigenvalue weighted by Gasteiger charge is 2.29. The molecule has 1 N–H and O–H groups in total. The second-order valence-electron chi connectivity index (χ2n) is 6.46. The minimum atomic E-state index is -3.03. The van der Waals surface area contributed by atoms with E-state index in [2.05, 4.69) is 10.1 Å². The van der Waals surface area contributed by atoms with Gasteiger partial charge in [0, 0.05) is 24.9 Å². The second-order valence-corrected chi connectivity index (χ2v) is 6.46. The molecule has 1 amide bonds. The molecular weight excluding hydrogens is 361 g/mol. The number of nitrogens with zero attached hydrogens (tertiary/aromatic N) is 1. The maximum Gasteiger partial charge on any atom is 0.387 e. The molecule has 0 spiro atoms. The lowest BCUT2D eigenvalue weighted by molar-refractivity contribution is -0.0624. The van der Waals surface area contributed by atoms with Gasteiger partial charge in [0.25, 0.3) is 5.91 Å². The molecule has 0 bridgehead atoms. The van der Waals surface area contributed by atoms with Gasteiger partial charge in [-0.1, -0.05) is 6.07 Å². The van der Waals surface area contributed by atoms with Crippen LogP contribution in [0.5, 0.6) is 5.75 Å². The highest BCUT2D eigenvalue weighted by atomic mass is 19.3. The van der Waals surface area contributed by atoms with Gasteiger partial charge < -0.3 is 19.7 Å². The van der Waals surface area contributed by atoms with Gasteiger partial charge in [-0.15, -0.1) is 0 Å². The van der Waals surface area contributed by atoms with Gasteiger partial charge in [-0.25, -0.2) is 4.39 Å². The van der Waals surface area contributed by atoms with Crippen LogP contribution in [0.25, 0.3) is 11.1 Å². The molecule has 1 saturated heterocycles. The molecule has 27 heavy (non-hydrogen) atoms. The molecule has 5 nitrogen and oxygen atoms in total. The first kappa shape index (κ1) is 17.7. The molecule has 1 atom stereocenters. The monoisotopic (exact) mass is 378 g/mol. The van der Waals surface area contributed by atoms with Crippen LogP contribution in [0.3, 0.4) is 0 Å². The average Bonchev–Trinajstić information content (AvgIpc) is 2.58. The molecule has 2 heterocycles. The number of hydrogen-bond acceptors (Lipinski definition) is 4. The van der Waals surface area contributed by atoms with E-state index >= 15 is 0 Å². The minimum Gasteiger partial charge on any atom is -0.435 e. The predicted molar refractivity (Wildman–Crippen MR) is 92.4 cm³/mol. The number of benzene rings is 2. The summed E-state index contributed by atoms with van der Waals surface area (Å²) in [5.41, 5.74) is 2.09. The molecule has 8 heteroatoms. The Balaban J connectivity index is 1.58. The van der Waals surface area contributed by atoms with Gasteiger partial charge in [0.05, 0.1) is 18.3 Å². The maximum atomic E-state index is 13.8. The first-order valence-electron chi connectivity index (χ1n) is 8.54. The quantitative estimate of drug-likeness (QED) is 0.862. The Morgan fingerprint density at radius 2 is 2.04 bits per heavy atom. The van der Waals surface area contributed by atoms with Crippen LogP contribution >= 0.6 is 0 Å². The fourth-order valence-electron chi connectivity index (χ4n) is 3.20. The van der Waals surface area contributed by atoms with E-state index in [-0.39, 0.29) is 17.8 Å². The molecule has 0 aliphatic carbocycles. The lowest BCUT2D eigenvalue weighted by atomic mass is 10.00. The lowest BCUT2D eigenvalue weighted by Crippen LogP contribution is -2.47. The second kappa shape index (κ2) is 7.11. The smallest absolute Gasteiger partial charge is 0.387 e. The van der Waals surface area contributed by atoms with E-state index in [4.69, 9.17) is 4.74 Å². The van der Waals surface area contributed by atoms with Crippen LogP contribution < -0.4 is 10.1 Å². The first-order chi connectivity index (χ1) is 13.0. The Kier molecular flexibility index (Phi) is 4.65. The highest BCUT2D eigenvalue weighted by Crippen LogP contribution is 2.32. The zero-order valence-corrected chi connectivity index (χ0v) is 14.3. The van der Waals surface area contributed by atoms with Crippen molar-refractivity contribution in [1.82, 2.24) is 4.90 Å². The van der Waals surface area contributed by atoms with Crippen molar-refractivity contribution in [1.29, 1.82) is 0 Å². The molecule has 2 aliphatic heterocycles. The van der Waals surface area contributed by atoms with Crippen molar-refractivity contribution in [2.45, 2.75) is 19.1 Å². The molecule has 0 aromatic heterocycles. The van der Waals surface area contributed by atoms with Crippen molar-refractivity contribution in [3.8, 4) is 16.9 Å². The van der Waals surface area contributed by atoms with Gasteiger partial charge >= 0.3 is 6.61 Å². The van der Waals surface area contributed by atoms with E-state index in [1.54, 1.807) is 23.1 Å². The van der Waals surface area contributed by atoms with Crippen LogP contribution in [0.1, 0.15) is 16.8 Å². The summed E-state index contributed by atoms with van der Waals surface area (Å²) >= 11 is 0. The molecule has 1 fully saturated rings. The maximum absolute atomic E-state index is 13.8. The summed E-state index contributed by atoms with van der Waals surface area (Å²) < 4.78 is 48.2. The van der Waals surface area contributed by atoms with E-state index in [1.165, 1.54) is 12.1 Å². The summed E-state index contributed by atoms with van der Waals surface area (Å²) in [6, 6.07) is 8.46. The van der Waals surface area contributed by atoms with Crippen molar-refractivity contribution < 1.29 is 27.4 Å². The molecule has 0 saturated carbocycles. The number of fused-ring (bicyclic) bond motifs is 1. The van der Waals surface area contributed by atoms with E-state index in [9.17, 15) is 18.0 Å². The Morgan fingerprint density at radius 1 is 1.22 bits per heavy atom. The van der Waals surface area contributed by atoms with Gasteiger partial charge in [0.15, 0.2) is 0 Å². The Labute approximate surface area is 153 Å². The van der Waals surface area contributed by atoms with E-state index in [0.717, 1.165) is 19.1 Å². The van der Waals surface area contributed by atoms with Crippen molar-refractivity contribution >= 4 is 11.6 Å². The van der Waals surface area contributed by atoms with Crippen molar-refractivity contribution in [2.75, 3.05) is 25.1 Å². The van der Waals surface area contributed by atoms with Crippen LogP contribution in [-0.4, -0.2) is 43.3 Å².